The number of nitrogens with one attached hydrogen (secondary N) is 2. The number of amides is 2. The molecule has 1 aromatic carbocycles. The first-order valence-electron chi connectivity index (χ1n) is 8.37. The van der Waals surface area contributed by atoms with Crippen molar-refractivity contribution in [2.75, 3.05) is 18.4 Å². The molecule has 3 N–H and O–H groups in total. The van der Waals surface area contributed by atoms with Gasteiger partial charge in [-0.2, -0.15) is 0 Å². The smallest absolute Gasteiger partial charge is 0.417 e. The normalized spacial score (nSPS) is 15.2. The summed E-state index contributed by atoms with van der Waals surface area (Å²) in [4.78, 5) is 43.0. The predicted molar refractivity (Wildman–Crippen MR) is 98.5 cm³/mol. The summed E-state index contributed by atoms with van der Waals surface area (Å²) in [6.45, 7) is 0.950. The minimum atomic E-state index is -0.900. The van der Waals surface area contributed by atoms with E-state index in [0.717, 1.165) is 5.01 Å². The van der Waals surface area contributed by atoms with E-state index in [2.05, 4.69) is 15.3 Å². The van der Waals surface area contributed by atoms with Crippen molar-refractivity contribution in [1.29, 1.82) is 0 Å². The number of oxazole rings is 1. The van der Waals surface area contributed by atoms with Crippen molar-refractivity contribution in [1.82, 2.24) is 14.9 Å². The highest BCUT2D eigenvalue weighted by atomic mass is 32.1. The van der Waals surface area contributed by atoms with Crippen LogP contribution in [0.5, 0.6) is 0 Å². The minimum absolute atomic E-state index is 0.164. The number of thiazole rings is 1. The Labute approximate surface area is 156 Å². The van der Waals surface area contributed by atoms with Crippen molar-refractivity contribution in [2.45, 2.75) is 18.8 Å². The Kier molecular flexibility index (Phi) is 4.40. The van der Waals surface area contributed by atoms with Crippen molar-refractivity contribution >= 4 is 40.1 Å². The average molecular weight is 388 g/mol. The van der Waals surface area contributed by atoms with E-state index in [1.807, 2.05) is 0 Å². The van der Waals surface area contributed by atoms with Crippen LogP contribution in [0, 0.1) is 0 Å². The Hall–Kier alpha value is -3.14. The lowest BCUT2D eigenvalue weighted by Gasteiger charge is -2.28. The number of aromatic amines is 1. The van der Waals surface area contributed by atoms with Gasteiger partial charge >= 0.3 is 11.8 Å². The number of carbonyl (C=O) groups is 2. The van der Waals surface area contributed by atoms with Gasteiger partial charge < -0.3 is 19.7 Å². The largest absolute Gasteiger partial charge is 0.465 e. The van der Waals surface area contributed by atoms with Gasteiger partial charge in [0.1, 0.15) is 5.69 Å². The van der Waals surface area contributed by atoms with Crippen LogP contribution < -0.4 is 11.1 Å². The summed E-state index contributed by atoms with van der Waals surface area (Å²) < 4.78 is 4.98. The van der Waals surface area contributed by atoms with Crippen LogP contribution in [-0.2, 0) is 0 Å². The maximum absolute atomic E-state index is 12.4. The van der Waals surface area contributed by atoms with Gasteiger partial charge in [-0.05, 0) is 25.0 Å². The summed E-state index contributed by atoms with van der Waals surface area (Å²) in [6, 6.07) is 4.89. The number of rotatable bonds is 3. The highest BCUT2D eigenvalue weighted by Gasteiger charge is 2.26. The quantitative estimate of drug-likeness (QED) is 0.633. The van der Waals surface area contributed by atoms with Crippen LogP contribution in [0.15, 0.2) is 32.8 Å². The van der Waals surface area contributed by atoms with Crippen molar-refractivity contribution in [2.24, 2.45) is 0 Å². The highest BCUT2D eigenvalue weighted by Crippen LogP contribution is 2.30. The van der Waals surface area contributed by atoms with Crippen LogP contribution >= 0.6 is 11.3 Å². The number of hydrogen-bond donors (Lipinski definition) is 3. The molecule has 10 heteroatoms. The SMILES string of the molecule is O=C(Nc1ccc2[nH]c(=O)oc2c1)c1csc(C2CCN(C(=O)O)CC2)n1. The van der Waals surface area contributed by atoms with Gasteiger partial charge in [0.25, 0.3) is 5.91 Å². The molecule has 1 aliphatic rings. The number of anilines is 1. The van der Waals surface area contributed by atoms with Crippen LogP contribution in [0.3, 0.4) is 0 Å². The number of carbonyl (C=O) groups excluding carboxylic acids is 1. The van der Waals surface area contributed by atoms with E-state index in [1.165, 1.54) is 16.2 Å². The molecule has 1 fully saturated rings. The minimum Gasteiger partial charge on any atom is -0.465 e. The number of fused-ring (bicyclic) bond motifs is 1. The zero-order chi connectivity index (χ0) is 19.0. The zero-order valence-corrected chi connectivity index (χ0v) is 14.9. The fraction of sp³-hybridized carbons (Fsp3) is 0.294. The lowest BCUT2D eigenvalue weighted by atomic mass is 9.98. The van der Waals surface area contributed by atoms with Crippen molar-refractivity contribution < 1.29 is 19.1 Å². The van der Waals surface area contributed by atoms with Crippen molar-refractivity contribution in [3.8, 4) is 0 Å². The van der Waals surface area contributed by atoms with E-state index in [1.54, 1.807) is 23.6 Å². The summed E-state index contributed by atoms with van der Waals surface area (Å²) in [6.07, 6.45) is 0.497. The van der Waals surface area contributed by atoms with E-state index in [0.29, 0.717) is 48.4 Å². The van der Waals surface area contributed by atoms with Gasteiger partial charge in [0, 0.05) is 36.1 Å². The van der Waals surface area contributed by atoms with Gasteiger partial charge in [-0.3, -0.25) is 9.78 Å². The molecule has 9 nitrogen and oxygen atoms in total. The van der Waals surface area contributed by atoms with E-state index in [9.17, 15) is 14.4 Å². The Bertz CT molecular complexity index is 1060. The number of H-pyrrole nitrogens is 1. The molecular formula is C17H16N4O5S. The number of benzene rings is 1. The summed E-state index contributed by atoms with van der Waals surface area (Å²) in [5.41, 5.74) is 1.73. The monoisotopic (exact) mass is 388 g/mol. The molecule has 0 aliphatic carbocycles. The van der Waals surface area contributed by atoms with E-state index in [-0.39, 0.29) is 11.8 Å². The van der Waals surface area contributed by atoms with E-state index in [4.69, 9.17) is 9.52 Å². The molecule has 1 aliphatic heterocycles. The lowest BCUT2D eigenvalue weighted by Crippen LogP contribution is -2.36. The van der Waals surface area contributed by atoms with Gasteiger partial charge in [-0.25, -0.2) is 14.6 Å². The van der Waals surface area contributed by atoms with E-state index >= 15 is 0 Å². The molecule has 3 aromatic rings. The fourth-order valence-corrected chi connectivity index (χ4v) is 4.09. The molecule has 0 unspecified atom stereocenters. The Morgan fingerprint density at radius 2 is 2.11 bits per heavy atom. The number of carboxylic acid groups (broad SMARTS) is 1. The molecule has 0 saturated carbocycles. The highest BCUT2D eigenvalue weighted by molar-refractivity contribution is 7.10. The molecule has 2 amide bonds. The summed E-state index contributed by atoms with van der Waals surface area (Å²) in [7, 11) is 0. The van der Waals surface area contributed by atoms with Gasteiger partial charge in [0.2, 0.25) is 0 Å². The second-order valence-electron chi connectivity index (χ2n) is 6.29. The summed E-state index contributed by atoms with van der Waals surface area (Å²) >= 11 is 1.41. The van der Waals surface area contributed by atoms with Crippen LogP contribution in [0.25, 0.3) is 11.1 Å². The molecule has 27 heavy (non-hydrogen) atoms. The molecular weight excluding hydrogens is 372 g/mol. The zero-order valence-electron chi connectivity index (χ0n) is 14.1. The molecule has 2 aromatic heterocycles. The van der Waals surface area contributed by atoms with Crippen LogP contribution in [0.4, 0.5) is 10.5 Å². The van der Waals surface area contributed by atoms with Crippen molar-refractivity contribution in [3.63, 3.8) is 0 Å². The fourth-order valence-electron chi connectivity index (χ4n) is 3.12. The number of aromatic nitrogens is 2. The van der Waals surface area contributed by atoms with Gasteiger partial charge in [-0.15, -0.1) is 11.3 Å². The molecule has 0 radical (unpaired) electrons. The molecule has 4 rings (SSSR count). The molecule has 140 valence electrons. The average Bonchev–Trinajstić information content (AvgIpc) is 3.27. The van der Waals surface area contributed by atoms with Crippen LogP contribution in [-0.4, -0.2) is 45.1 Å². The third kappa shape index (κ3) is 3.56. The predicted octanol–water partition coefficient (Wildman–Crippen LogP) is 2.69. The van der Waals surface area contributed by atoms with Gasteiger partial charge in [0.15, 0.2) is 5.58 Å². The molecule has 0 atom stereocenters. The third-order valence-electron chi connectivity index (χ3n) is 4.55. The van der Waals surface area contributed by atoms with Gasteiger partial charge in [0.05, 0.1) is 10.5 Å². The maximum atomic E-state index is 12.4. The standard InChI is InChI=1S/C17H16N4O5S/c22-14(18-10-1-2-11-13(7-10)26-16(23)20-11)12-8-27-15(19-12)9-3-5-21(6-4-9)17(24)25/h1-2,7-9H,3-6H2,(H,18,22)(H,20,23)(H,24,25). The number of hydrogen-bond acceptors (Lipinski definition) is 6. The second kappa shape index (κ2) is 6.88. The first kappa shape index (κ1) is 17.3. The molecule has 0 bridgehead atoms. The first-order chi connectivity index (χ1) is 13.0. The molecule has 0 spiro atoms. The summed E-state index contributed by atoms with van der Waals surface area (Å²) in [5.74, 6) is -0.734. The topological polar surface area (TPSA) is 129 Å². The molecule has 3 heterocycles. The van der Waals surface area contributed by atoms with Crippen molar-refractivity contribution in [3.05, 3.63) is 44.8 Å². The van der Waals surface area contributed by atoms with Gasteiger partial charge in [-0.1, -0.05) is 0 Å². The number of likely N-dealkylation sites (tertiary alicyclic amines) is 1. The van der Waals surface area contributed by atoms with Crippen LogP contribution in [0.1, 0.15) is 34.3 Å². The number of nitrogens with zero attached hydrogens (tertiary/aromatic N) is 2. The third-order valence-corrected chi connectivity index (χ3v) is 5.56. The van der Waals surface area contributed by atoms with Crippen LogP contribution in [0.2, 0.25) is 0 Å². The van der Waals surface area contributed by atoms with E-state index < -0.39 is 11.8 Å². The lowest BCUT2D eigenvalue weighted by molar-refractivity contribution is 0.102. The Balaban J connectivity index is 1.43. The first-order valence-corrected chi connectivity index (χ1v) is 9.25. The molecule has 1 saturated heterocycles. The Morgan fingerprint density at radius 1 is 1.33 bits per heavy atom. The maximum Gasteiger partial charge on any atom is 0.417 e. The Morgan fingerprint density at radius 3 is 2.85 bits per heavy atom. The second-order valence-corrected chi connectivity index (χ2v) is 7.18. The number of piperidine rings is 1. The summed E-state index contributed by atoms with van der Waals surface area (Å²) in [5, 5.41) is 14.3.